The molecule has 0 radical (unpaired) electrons. The molecule has 0 aliphatic heterocycles. The predicted molar refractivity (Wildman–Crippen MR) is 64.8 cm³/mol. The zero-order valence-corrected chi connectivity index (χ0v) is 10.8. The first-order valence-electron chi connectivity index (χ1n) is 4.52. The molecule has 1 aromatic rings. The van der Waals surface area contributed by atoms with Gasteiger partial charge in [-0.2, -0.15) is 0 Å². The number of aromatic nitrogens is 1. The quantitative estimate of drug-likeness (QED) is 0.716. The highest BCUT2D eigenvalue weighted by Gasteiger charge is 2.22. The van der Waals surface area contributed by atoms with Crippen LogP contribution in [0.3, 0.4) is 0 Å². The molecular formula is C11H16IN. The first kappa shape index (κ1) is 11.0. The average Bonchev–Trinajstić information content (AvgIpc) is 2.01. The Morgan fingerprint density at radius 3 is 2.46 bits per heavy atom. The Bertz CT molecular complexity index is 288. The number of pyridine rings is 1. The van der Waals surface area contributed by atoms with E-state index in [-0.39, 0.29) is 5.41 Å². The summed E-state index contributed by atoms with van der Waals surface area (Å²) in [5, 5.41) is 0. The molecule has 1 heterocycles. The minimum atomic E-state index is 0.289. The molecule has 0 saturated carbocycles. The van der Waals surface area contributed by atoms with Gasteiger partial charge in [0.2, 0.25) is 0 Å². The summed E-state index contributed by atoms with van der Waals surface area (Å²) >= 11 is 2.33. The van der Waals surface area contributed by atoms with Crippen LogP contribution in [-0.4, -0.2) is 4.98 Å². The van der Waals surface area contributed by atoms with E-state index in [2.05, 4.69) is 61.3 Å². The van der Waals surface area contributed by atoms with Crippen LogP contribution >= 0.6 is 22.6 Å². The van der Waals surface area contributed by atoms with Gasteiger partial charge in [-0.3, -0.25) is 4.98 Å². The molecule has 2 heteroatoms. The summed E-state index contributed by atoms with van der Waals surface area (Å²) in [7, 11) is 0. The molecule has 0 spiro atoms. The van der Waals surface area contributed by atoms with E-state index in [0.717, 1.165) is 0 Å². The van der Waals surface area contributed by atoms with Crippen LogP contribution in [0.15, 0.2) is 18.3 Å². The summed E-state index contributed by atoms with van der Waals surface area (Å²) in [6, 6.07) is 4.19. The van der Waals surface area contributed by atoms with E-state index in [1.54, 1.807) is 0 Å². The fraction of sp³-hybridized carbons (Fsp3) is 0.545. The van der Waals surface area contributed by atoms with Crippen molar-refractivity contribution in [2.75, 3.05) is 0 Å². The maximum absolute atomic E-state index is 4.40. The van der Waals surface area contributed by atoms with Gasteiger partial charge in [0, 0.05) is 21.4 Å². The van der Waals surface area contributed by atoms with E-state index in [1.165, 1.54) is 9.26 Å². The molecule has 0 amide bonds. The highest BCUT2D eigenvalue weighted by molar-refractivity contribution is 14.1. The van der Waals surface area contributed by atoms with E-state index in [1.807, 2.05) is 12.3 Å². The number of halogens is 1. The SMILES string of the molecule is CC(c1cc(I)ccn1)C(C)(C)C. The molecule has 0 aromatic carbocycles. The number of nitrogens with zero attached hydrogens (tertiary/aromatic N) is 1. The van der Waals surface area contributed by atoms with Crippen molar-refractivity contribution in [3.05, 3.63) is 27.6 Å². The van der Waals surface area contributed by atoms with Gasteiger partial charge in [0.1, 0.15) is 0 Å². The molecule has 1 aromatic heterocycles. The van der Waals surface area contributed by atoms with E-state index < -0.39 is 0 Å². The zero-order chi connectivity index (χ0) is 10.1. The topological polar surface area (TPSA) is 12.9 Å². The number of rotatable bonds is 1. The highest BCUT2D eigenvalue weighted by atomic mass is 127. The second-order valence-electron chi connectivity index (χ2n) is 4.49. The Morgan fingerprint density at radius 1 is 1.38 bits per heavy atom. The van der Waals surface area contributed by atoms with Crippen molar-refractivity contribution in [3.63, 3.8) is 0 Å². The second-order valence-corrected chi connectivity index (χ2v) is 5.73. The molecule has 0 N–H and O–H groups in total. The largest absolute Gasteiger partial charge is 0.261 e. The van der Waals surface area contributed by atoms with Crippen molar-refractivity contribution in [2.24, 2.45) is 5.41 Å². The number of hydrogen-bond acceptors (Lipinski definition) is 1. The van der Waals surface area contributed by atoms with Gasteiger partial charge in [-0.15, -0.1) is 0 Å². The third-order valence-electron chi connectivity index (χ3n) is 2.49. The van der Waals surface area contributed by atoms with Crippen molar-refractivity contribution >= 4 is 22.6 Å². The van der Waals surface area contributed by atoms with Gasteiger partial charge in [0.25, 0.3) is 0 Å². The minimum absolute atomic E-state index is 0.289. The molecule has 0 fully saturated rings. The Labute approximate surface area is 94.1 Å². The lowest BCUT2D eigenvalue weighted by molar-refractivity contribution is 0.334. The van der Waals surface area contributed by atoms with Crippen LogP contribution in [0.5, 0.6) is 0 Å². The predicted octanol–water partition coefficient (Wildman–Crippen LogP) is 3.84. The van der Waals surface area contributed by atoms with Crippen molar-refractivity contribution < 1.29 is 0 Å². The van der Waals surface area contributed by atoms with Gasteiger partial charge in [-0.05, 0) is 40.1 Å². The van der Waals surface area contributed by atoms with Crippen LogP contribution in [-0.2, 0) is 0 Å². The Hall–Kier alpha value is -0.120. The van der Waals surface area contributed by atoms with Gasteiger partial charge < -0.3 is 0 Å². The summed E-state index contributed by atoms with van der Waals surface area (Å²) in [5.74, 6) is 0.502. The lowest BCUT2D eigenvalue weighted by Gasteiger charge is -2.26. The van der Waals surface area contributed by atoms with Crippen molar-refractivity contribution in [1.82, 2.24) is 4.98 Å². The van der Waals surface area contributed by atoms with Gasteiger partial charge in [0.05, 0.1) is 0 Å². The molecular weight excluding hydrogens is 273 g/mol. The molecule has 72 valence electrons. The molecule has 1 rings (SSSR count). The standard InChI is InChI=1S/C11H16IN/c1-8(11(2,3)4)10-7-9(12)5-6-13-10/h5-8H,1-4H3. The van der Waals surface area contributed by atoms with E-state index >= 15 is 0 Å². The zero-order valence-electron chi connectivity index (χ0n) is 8.63. The first-order valence-corrected chi connectivity index (χ1v) is 5.60. The van der Waals surface area contributed by atoms with Crippen molar-refractivity contribution in [3.8, 4) is 0 Å². The van der Waals surface area contributed by atoms with Gasteiger partial charge in [0.15, 0.2) is 0 Å². The summed E-state index contributed by atoms with van der Waals surface area (Å²) < 4.78 is 1.26. The van der Waals surface area contributed by atoms with Crippen LogP contribution in [0.4, 0.5) is 0 Å². The number of hydrogen-bond donors (Lipinski definition) is 0. The summed E-state index contributed by atoms with van der Waals surface area (Å²) in [6.45, 7) is 8.98. The molecule has 1 atom stereocenters. The molecule has 0 saturated heterocycles. The molecule has 13 heavy (non-hydrogen) atoms. The molecule has 0 bridgehead atoms. The lowest BCUT2D eigenvalue weighted by Crippen LogP contribution is -2.16. The van der Waals surface area contributed by atoms with Crippen LogP contribution in [0.1, 0.15) is 39.3 Å². The van der Waals surface area contributed by atoms with Crippen molar-refractivity contribution in [2.45, 2.75) is 33.6 Å². The van der Waals surface area contributed by atoms with Crippen LogP contribution < -0.4 is 0 Å². The third-order valence-corrected chi connectivity index (χ3v) is 3.16. The first-order chi connectivity index (χ1) is 5.91. The summed E-state index contributed by atoms with van der Waals surface area (Å²) in [6.07, 6.45) is 1.89. The summed E-state index contributed by atoms with van der Waals surface area (Å²) in [4.78, 5) is 4.40. The molecule has 0 aliphatic rings. The molecule has 0 aliphatic carbocycles. The fourth-order valence-electron chi connectivity index (χ4n) is 1.10. The Balaban J connectivity index is 2.96. The summed E-state index contributed by atoms with van der Waals surface area (Å²) in [5.41, 5.74) is 1.48. The second kappa shape index (κ2) is 3.95. The van der Waals surface area contributed by atoms with Crippen molar-refractivity contribution in [1.29, 1.82) is 0 Å². The van der Waals surface area contributed by atoms with E-state index in [0.29, 0.717) is 5.92 Å². The van der Waals surface area contributed by atoms with Crippen LogP contribution in [0.25, 0.3) is 0 Å². The average molecular weight is 289 g/mol. The van der Waals surface area contributed by atoms with Crippen LogP contribution in [0, 0.1) is 8.99 Å². The lowest BCUT2D eigenvalue weighted by atomic mass is 9.80. The fourth-order valence-corrected chi connectivity index (χ4v) is 1.58. The third kappa shape index (κ3) is 2.93. The van der Waals surface area contributed by atoms with Gasteiger partial charge >= 0.3 is 0 Å². The van der Waals surface area contributed by atoms with Gasteiger partial charge in [-0.1, -0.05) is 27.7 Å². The monoisotopic (exact) mass is 289 g/mol. The van der Waals surface area contributed by atoms with Gasteiger partial charge in [-0.25, -0.2) is 0 Å². The van der Waals surface area contributed by atoms with E-state index in [4.69, 9.17) is 0 Å². The highest BCUT2D eigenvalue weighted by Crippen LogP contribution is 2.33. The maximum Gasteiger partial charge on any atom is 0.0447 e. The van der Waals surface area contributed by atoms with Crippen LogP contribution in [0.2, 0.25) is 0 Å². The minimum Gasteiger partial charge on any atom is -0.261 e. The Kier molecular flexibility index (Phi) is 3.33. The normalized spacial score (nSPS) is 14.2. The van der Waals surface area contributed by atoms with E-state index in [9.17, 15) is 0 Å². The molecule has 1 unspecified atom stereocenters. The smallest absolute Gasteiger partial charge is 0.0447 e. The maximum atomic E-state index is 4.40. The Morgan fingerprint density at radius 2 is 2.00 bits per heavy atom. The molecule has 1 nitrogen and oxygen atoms in total.